The van der Waals surface area contributed by atoms with Crippen LogP contribution in [0.4, 0.5) is 0 Å². The Bertz CT molecular complexity index is 353. The standard InChI is InChI=1S/C10H14O5/c1-4-13-14-5-8-6(2)9(10(11)12)15-7(8)3/h4-5H2,1-3H3,(H,11,12). The zero-order chi connectivity index (χ0) is 11.4. The van der Waals surface area contributed by atoms with E-state index in [1.54, 1.807) is 20.8 Å². The zero-order valence-corrected chi connectivity index (χ0v) is 8.99. The average molecular weight is 214 g/mol. The Kier molecular flexibility index (Phi) is 3.88. The Labute approximate surface area is 87.5 Å². The maximum absolute atomic E-state index is 10.8. The molecule has 1 heterocycles. The summed E-state index contributed by atoms with van der Waals surface area (Å²) in [6, 6.07) is 0. The highest BCUT2D eigenvalue weighted by molar-refractivity contribution is 5.86. The lowest BCUT2D eigenvalue weighted by atomic mass is 10.1. The van der Waals surface area contributed by atoms with Crippen LogP contribution < -0.4 is 0 Å². The lowest BCUT2D eigenvalue weighted by Crippen LogP contribution is -1.99. The van der Waals surface area contributed by atoms with Crippen LogP contribution in [0.2, 0.25) is 0 Å². The molecule has 0 bridgehead atoms. The van der Waals surface area contributed by atoms with Crippen molar-refractivity contribution in [3.8, 4) is 0 Å². The number of furan rings is 1. The van der Waals surface area contributed by atoms with Crippen LogP contribution in [0.15, 0.2) is 4.42 Å². The Morgan fingerprint density at radius 2 is 2.07 bits per heavy atom. The van der Waals surface area contributed by atoms with Crippen molar-refractivity contribution in [2.45, 2.75) is 27.4 Å². The van der Waals surface area contributed by atoms with Gasteiger partial charge in [-0.2, -0.15) is 0 Å². The first-order valence-corrected chi connectivity index (χ1v) is 4.64. The van der Waals surface area contributed by atoms with Gasteiger partial charge in [0.25, 0.3) is 0 Å². The van der Waals surface area contributed by atoms with Crippen LogP contribution in [-0.4, -0.2) is 17.7 Å². The normalized spacial score (nSPS) is 10.6. The van der Waals surface area contributed by atoms with Gasteiger partial charge in [-0.15, -0.1) is 0 Å². The SMILES string of the molecule is CCOOCc1c(C)oc(C(=O)O)c1C. The molecule has 0 aliphatic rings. The van der Waals surface area contributed by atoms with E-state index in [1.807, 2.05) is 0 Å². The average Bonchev–Trinajstić information content (AvgIpc) is 2.45. The summed E-state index contributed by atoms with van der Waals surface area (Å²) in [5.74, 6) is -0.564. The number of aryl methyl sites for hydroxylation is 1. The Morgan fingerprint density at radius 1 is 1.40 bits per heavy atom. The van der Waals surface area contributed by atoms with Crippen LogP contribution >= 0.6 is 0 Å². The lowest BCUT2D eigenvalue weighted by molar-refractivity contribution is -0.300. The first-order chi connectivity index (χ1) is 7.07. The summed E-state index contributed by atoms with van der Waals surface area (Å²) in [6.45, 7) is 5.83. The number of carboxylic acids is 1. The van der Waals surface area contributed by atoms with Crippen molar-refractivity contribution in [2.75, 3.05) is 6.61 Å². The maximum atomic E-state index is 10.8. The van der Waals surface area contributed by atoms with Gasteiger partial charge in [-0.1, -0.05) is 0 Å². The molecule has 0 aliphatic carbocycles. The van der Waals surface area contributed by atoms with Crippen molar-refractivity contribution in [1.29, 1.82) is 0 Å². The molecule has 1 aromatic rings. The molecule has 1 aromatic heterocycles. The topological polar surface area (TPSA) is 68.9 Å². The minimum atomic E-state index is -1.07. The molecular formula is C10H14O5. The molecule has 84 valence electrons. The maximum Gasteiger partial charge on any atom is 0.372 e. The monoisotopic (exact) mass is 214 g/mol. The summed E-state index contributed by atoms with van der Waals surface area (Å²) in [4.78, 5) is 20.4. The third-order valence-corrected chi connectivity index (χ3v) is 2.07. The Balaban J connectivity index is 2.83. The highest BCUT2D eigenvalue weighted by Gasteiger charge is 2.19. The molecule has 0 aliphatic heterocycles. The van der Waals surface area contributed by atoms with Gasteiger partial charge in [-0.3, -0.25) is 0 Å². The van der Waals surface area contributed by atoms with E-state index in [2.05, 4.69) is 0 Å². The van der Waals surface area contributed by atoms with Gasteiger partial charge < -0.3 is 9.52 Å². The first kappa shape index (κ1) is 11.7. The second-order valence-corrected chi connectivity index (χ2v) is 3.06. The van der Waals surface area contributed by atoms with E-state index < -0.39 is 5.97 Å². The summed E-state index contributed by atoms with van der Waals surface area (Å²) < 4.78 is 5.10. The molecule has 0 aromatic carbocycles. The fraction of sp³-hybridized carbons (Fsp3) is 0.500. The Hall–Kier alpha value is -1.33. The fourth-order valence-electron chi connectivity index (χ4n) is 1.29. The summed E-state index contributed by atoms with van der Waals surface area (Å²) in [5, 5.41) is 8.81. The number of carboxylic acid groups (broad SMARTS) is 1. The largest absolute Gasteiger partial charge is 0.475 e. The van der Waals surface area contributed by atoms with Crippen molar-refractivity contribution in [1.82, 2.24) is 0 Å². The molecule has 0 amide bonds. The van der Waals surface area contributed by atoms with E-state index in [9.17, 15) is 4.79 Å². The molecule has 15 heavy (non-hydrogen) atoms. The first-order valence-electron chi connectivity index (χ1n) is 4.64. The summed E-state index contributed by atoms with van der Waals surface area (Å²) in [5.41, 5.74) is 1.31. The van der Waals surface area contributed by atoms with E-state index in [0.717, 1.165) is 5.56 Å². The van der Waals surface area contributed by atoms with Crippen LogP contribution in [0.1, 0.15) is 34.4 Å². The third-order valence-electron chi connectivity index (χ3n) is 2.07. The van der Waals surface area contributed by atoms with E-state index in [4.69, 9.17) is 19.3 Å². The quantitative estimate of drug-likeness (QED) is 0.461. The van der Waals surface area contributed by atoms with E-state index in [-0.39, 0.29) is 12.4 Å². The summed E-state index contributed by atoms with van der Waals surface area (Å²) >= 11 is 0. The van der Waals surface area contributed by atoms with Crippen molar-refractivity contribution in [2.24, 2.45) is 0 Å². The molecular weight excluding hydrogens is 200 g/mol. The number of hydrogen-bond acceptors (Lipinski definition) is 4. The van der Waals surface area contributed by atoms with Crippen molar-refractivity contribution < 1.29 is 24.1 Å². The van der Waals surface area contributed by atoms with E-state index in [0.29, 0.717) is 17.9 Å². The predicted molar refractivity (Wildman–Crippen MR) is 51.6 cm³/mol. The number of rotatable bonds is 5. The van der Waals surface area contributed by atoms with E-state index in [1.165, 1.54) is 0 Å². The van der Waals surface area contributed by atoms with Crippen LogP contribution in [0, 0.1) is 13.8 Å². The molecule has 1 N–H and O–H groups in total. The van der Waals surface area contributed by atoms with Gasteiger partial charge in [0, 0.05) is 11.1 Å². The van der Waals surface area contributed by atoms with Gasteiger partial charge in [-0.05, 0) is 20.8 Å². The molecule has 0 fully saturated rings. The smallest absolute Gasteiger partial charge is 0.372 e. The van der Waals surface area contributed by atoms with Gasteiger partial charge in [-0.25, -0.2) is 14.6 Å². The molecule has 0 saturated heterocycles. The van der Waals surface area contributed by atoms with Crippen molar-refractivity contribution >= 4 is 5.97 Å². The molecule has 0 saturated carbocycles. The minimum Gasteiger partial charge on any atom is -0.475 e. The van der Waals surface area contributed by atoms with Gasteiger partial charge in [0.2, 0.25) is 5.76 Å². The van der Waals surface area contributed by atoms with Crippen molar-refractivity contribution in [3.05, 3.63) is 22.6 Å². The van der Waals surface area contributed by atoms with Crippen LogP contribution in [-0.2, 0) is 16.4 Å². The van der Waals surface area contributed by atoms with Gasteiger partial charge >= 0.3 is 5.97 Å². The molecule has 5 nitrogen and oxygen atoms in total. The third kappa shape index (κ3) is 2.57. The van der Waals surface area contributed by atoms with Crippen molar-refractivity contribution in [3.63, 3.8) is 0 Å². The minimum absolute atomic E-state index is 0.0393. The van der Waals surface area contributed by atoms with Crippen LogP contribution in [0.25, 0.3) is 0 Å². The zero-order valence-electron chi connectivity index (χ0n) is 8.99. The van der Waals surface area contributed by atoms with E-state index >= 15 is 0 Å². The summed E-state index contributed by atoms with van der Waals surface area (Å²) in [7, 11) is 0. The number of hydrogen-bond donors (Lipinski definition) is 1. The molecule has 0 spiro atoms. The number of carbonyl (C=O) groups is 1. The van der Waals surface area contributed by atoms with Gasteiger partial charge in [0.15, 0.2) is 0 Å². The molecule has 0 radical (unpaired) electrons. The van der Waals surface area contributed by atoms with Crippen LogP contribution in [0.5, 0.6) is 0 Å². The van der Waals surface area contributed by atoms with Gasteiger partial charge in [0.1, 0.15) is 12.4 Å². The lowest BCUT2D eigenvalue weighted by Gasteiger charge is -2.01. The summed E-state index contributed by atoms with van der Waals surface area (Å²) in [6.07, 6.45) is 0. The second kappa shape index (κ2) is 4.95. The van der Waals surface area contributed by atoms with Gasteiger partial charge in [0.05, 0.1) is 6.61 Å². The predicted octanol–water partition coefficient (Wildman–Crippen LogP) is 2.06. The highest BCUT2D eigenvalue weighted by Crippen LogP contribution is 2.22. The van der Waals surface area contributed by atoms with Crippen LogP contribution in [0.3, 0.4) is 0 Å². The Morgan fingerprint density at radius 3 is 2.53 bits per heavy atom. The fourth-order valence-corrected chi connectivity index (χ4v) is 1.29. The molecule has 0 atom stereocenters. The highest BCUT2D eigenvalue weighted by atomic mass is 17.2. The second-order valence-electron chi connectivity index (χ2n) is 3.06. The molecule has 1 rings (SSSR count). The molecule has 0 unspecified atom stereocenters. The number of aromatic carboxylic acids is 1. The molecule has 5 heteroatoms.